The van der Waals surface area contributed by atoms with E-state index in [-0.39, 0.29) is 17.5 Å². The van der Waals surface area contributed by atoms with Gasteiger partial charge in [-0.3, -0.25) is 9.69 Å². The summed E-state index contributed by atoms with van der Waals surface area (Å²) in [6, 6.07) is 13.2. The standard InChI is InChI=1S/C20H22F2N2O/c21-17-5-1-15(2-6-17)11-12-23-20(25)14-24(19-9-10-19)13-16-3-7-18(22)8-4-16/h1-8,19H,9-14H2,(H,23,25). The Morgan fingerprint density at radius 1 is 0.960 bits per heavy atom. The molecule has 3 nitrogen and oxygen atoms in total. The van der Waals surface area contributed by atoms with Crippen molar-refractivity contribution in [1.29, 1.82) is 0 Å². The largest absolute Gasteiger partial charge is 0.355 e. The summed E-state index contributed by atoms with van der Waals surface area (Å²) in [4.78, 5) is 14.3. The molecule has 1 N–H and O–H groups in total. The average molecular weight is 344 g/mol. The predicted octanol–water partition coefficient (Wildman–Crippen LogP) is 3.29. The molecule has 1 aliphatic rings. The molecule has 0 aromatic heterocycles. The number of carbonyl (C=O) groups excluding carboxylic acids is 1. The van der Waals surface area contributed by atoms with Gasteiger partial charge in [0.2, 0.25) is 5.91 Å². The van der Waals surface area contributed by atoms with Gasteiger partial charge in [0.05, 0.1) is 6.54 Å². The van der Waals surface area contributed by atoms with Crippen LogP contribution in [-0.4, -0.2) is 29.9 Å². The van der Waals surface area contributed by atoms with Crippen LogP contribution in [0.5, 0.6) is 0 Å². The maximum absolute atomic E-state index is 13.0. The number of hydrogen-bond acceptors (Lipinski definition) is 2. The van der Waals surface area contributed by atoms with E-state index in [0.717, 1.165) is 24.0 Å². The van der Waals surface area contributed by atoms with Crippen LogP contribution < -0.4 is 5.32 Å². The summed E-state index contributed by atoms with van der Waals surface area (Å²) in [7, 11) is 0. The second-order valence-corrected chi connectivity index (χ2v) is 6.49. The molecular weight excluding hydrogens is 322 g/mol. The van der Waals surface area contributed by atoms with Gasteiger partial charge in [-0.15, -0.1) is 0 Å². The fraction of sp³-hybridized carbons (Fsp3) is 0.350. The van der Waals surface area contributed by atoms with Crippen molar-refractivity contribution >= 4 is 5.91 Å². The lowest BCUT2D eigenvalue weighted by atomic mass is 10.1. The van der Waals surface area contributed by atoms with Gasteiger partial charge in [-0.2, -0.15) is 0 Å². The van der Waals surface area contributed by atoms with Crippen LogP contribution in [0.25, 0.3) is 0 Å². The van der Waals surface area contributed by atoms with Gasteiger partial charge >= 0.3 is 0 Å². The van der Waals surface area contributed by atoms with E-state index >= 15 is 0 Å². The molecule has 0 bridgehead atoms. The number of amides is 1. The Morgan fingerprint density at radius 3 is 2.08 bits per heavy atom. The average Bonchev–Trinajstić information content (AvgIpc) is 3.43. The highest BCUT2D eigenvalue weighted by Gasteiger charge is 2.30. The van der Waals surface area contributed by atoms with Gasteiger partial charge in [0.25, 0.3) is 0 Å². The third-order valence-corrected chi connectivity index (χ3v) is 4.36. The molecule has 0 radical (unpaired) electrons. The summed E-state index contributed by atoms with van der Waals surface area (Å²) >= 11 is 0. The van der Waals surface area contributed by atoms with Crippen LogP contribution in [0.1, 0.15) is 24.0 Å². The van der Waals surface area contributed by atoms with Crippen molar-refractivity contribution < 1.29 is 13.6 Å². The van der Waals surface area contributed by atoms with E-state index in [9.17, 15) is 13.6 Å². The van der Waals surface area contributed by atoms with Crippen molar-refractivity contribution in [3.63, 3.8) is 0 Å². The van der Waals surface area contributed by atoms with E-state index in [4.69, 9.17) is 0 Å². The highest BCUT2D eigenvalue weighted by molar-refractivity contribution is 5.78. The van der Waals surface area contributed by atoms with E-state index in [1.807, 2.05) is 0 Å². The van der Waals surface area contributed by atoms with Crippen molar-refractivity contribution in [2.45, 2.75) is 31.8 Å². The van der Waals surface area contributed by atoms with Crippen molar-refractivity contribution in [3.8, 4) is 0 Å². The molecule has 0 unspecified atom stereocenters. The summed E-state index contributed by atoms with van der Waals surface area (Å²) in [5, 5.41) is 2.92. The Bertz CT molecular complexity index is 697. The number of benzene rings is 2. The topological polar surface area (TPSA) is 32.3 Å². The van der Waals surface area contributed by atoms with Gasteiger partial charge in [-0.25, -0.2) is 8.78 Å². The summed E-state index contributed by atoms with van der Waals surface area (Å²) in [5.74, 6) is -0.523. The Balaban J connectivity index is 1.46. The van der Waals surface area contributed by atoms with Crippen LogP contribution in [0.2, 0.25) is 0 Å². The molecule has 2 aromatic rings. The molecule has 0 saturated heterocycles. The first-order chi connectivity index (χ1) is 12.1. The number of nitrogens with one attached hydrogen (secondary N) is 1. The molecule has 0 heterocycles. The normalized spacial score (nSPS) is 13.9. The van der Waals surface area contributed by atoms with Crippen molar-refractivity contribution in [2.75, 3.05) is 13.1 Å². The predicted molar refractivity (Wildman–Crippen MR) is 92.9 cm³/mol. The number of carbonyl (C=O) groups is 1. The Labute approximate surface area is 146 Å². The van der Waals surface area contributed by atoms with Gasteiger partial charge < -0.3 is 5.32 Å². The fourth-order valence-electron chi connectivity index (χ4n) is 2.82. The zero-order chi connectivity index (χ0) is 17.6. The molecule has 25 heavy (non-hydrogen) atoms. The minimum absolute atomic E-state index is 0.0175. The number of nitrogens with zero attached hydrogens (tertiary/aromatic N) is 1. The number of rotatable bonds is 8. The van der Waals surface area contributed by atoms with Crippen LogP contribution in [0.15, 0.2) is 48.5 Å². The number of halogens is 2. The van der Waals surface area contributed by atoms with Crippen molar-refractivity contribution in [1.82, 2.24) is 10.2 Å². The molecule has 1 saturated carbocycles. The lowest BCUT2D eigenvalue weighted by molar-refractivity contribution is -0.122. The smallest absolute Gasteiger partial charge is 0.234 e. The molecular formula is C20H22F2N2O. The second-order valence-electron chi connectivity index (χ2n) is 6.49. The molecule has 0 spiro atoms. The van der Waals surface area contributed by atoms with Crippen molar-refractivity contribution in [2.24, 2.45) is 0 Å². The van der Waals surface area contributed by atoms with Gasteiger partial charge in [-0.1, -0.05) is 24.3 Å². The monoisotopic (exact) mass is 344 g/mol. The molecule has 0 atom stereocenters. The third kappa shape index (κ3) is 5.64. The lowest BCUT2D eigenvalue weighted by Gasteiger charge is -2.21. The first-order valence-electron chi connectivity index (χ1n) is 8.60. The first kappa shape index (κ1) is 17.5. The minimum atomic E-state index is -0.256. The summed E-state index contributed by atoms with van der Waals surface area (Å²) in [6.07, 6.45) is 2.88. The maximum Gasteiger partial charge on any atom is 0.234 e. The minimum Gasteiger partial charge on any atom is -0.355 e. The molecule has 1 amide bonds. The molecule has 132 valence electrons. The maximum atomic E-state index is 13.0. The molecule has 3 rings (SSSR count). The highest BCUT2D eigenvalue weighted by Crippen LogP contribution is 2.28. The van der Waals surface area contributed by atoms with E-state index < -0.39 is 0 Å². The highest BCUT2D eigenvalue weighted by atomic mass is 19.1. The van der Waals surface area contributed by atoms with E-state index in [2.05, 4.69) is 10.2 Å². The van der Waals surface area contributed by atoms with Gasteiger partial charge in [-0.05, 0) is 54.7 Å². The van der Waals surface area contributed by atoms with Crippen LogP contribution in [-0.2, 0) is 17.8 Å². The second kappa shape index (κ2) is 8.21. The zero-order valence-corrected chi connectivity index (χ0v) is 14.1. The van der Waals surface area contributed by atoms with E-state index in [1.54, 1.807) is 24.3 Å². The summed E-state index contributed by atoms with van der Waals surface area (Å²) < 4.78 is 25.9. The molecule has 2 aromatic carbocycles. The van der Waals surface area contributed by atoms with Crippen molar-refractivity contribution in [3.05, 3.63) is 71.3 Å². The Morgan fingerprint density at radius 2 is 1.52 bits per heavy atom. The number of hydrogen-bond donors (Lipinski definition) is 1. The Kier molecular flexibility index (Phi) is 5.76. The SMILES string of the molecule is O=C(CN(Cc1ccc(F)cc1)C1CC1)NCCc1ccc(F)cc1. The van der Waals surface area contributed by atoms with E-state index in [1.165, 1.54) is 24.3 Å². The van der Waals surface area contributed by atoms with Crippen LogP contribution in [0.3, 0.4) is 0 Å². The lowest BCUT2D eigenvalue weighted by Crippen LogP contribution is -2.38. The van der Waals surface area contributed by atoms with Gasteiger partial charge in [0, 0.05) is 19.1 Å². The van der Waals surface area contributed by atoms with Crippen LogP contribution in [0, 0.1) is 11.6 Å². The first-order valence-corrected chi connectivity index (χ1v) is 8.60. The van der Waals surface area contributed by atoms with Gasteiger partial charge in [0.15, 0.2) is 0 Å². The van der Waals surface area contributed by atoms with Gasteiger partial charge in [0.1, 0.15) is 11.6 Å². The molecule has 5 heteroatoms. The Hall–Kier alpha value is -2.27. The molecule has 0 aliphatic heterocycles. The molecule has 1 aliphatic carbocycles. The zero-order valence-electron chi connectivity index (χ0n) is 14.1. The van der Waals surface area contributed by atoms with E-state index in [0.29, 0.717) is 32.1 Å². The third-order valence-electron chi connectivity index (χ3n) is 4.36. The fourth-order valence-corrected chi connectivity index (χ4v) is 2.82. The molecule has 1 fully saturated rings. The quantitative estimate of drug-likeness (QED) is 0.797. The summed E-state index contributed by atoms with van der Waals surface area (Å²) in [5.41, 5.74) is 2.00. The summed E-state index contributed by atoms with van der Waals surface area (Å²) in [6.45, 7) is 1.52. The van der Waals surface area contributed by atoms with Crippen LogP contribution in [0.4, 0.5) is 8.78 Å². The van der Waals surface area contributed by atoms with Crippen LogP contribution >= 0.6 is 0 Å².